The summed E-state index contributed by atoms with van der Waals surface area (Å²) in [7, 11) is 0. The maximum atomic E-state index is 14.3. The molecule has 5 aromatic rings. The minimum atomic E-state index is -0.408. The molecule has 0 aliphatic rings. The van der Waals surface area contributed by atoms with Gasteiger partial charge in [-0.1, -0.05) is 79.7 Å². The lowest BCUT2D eigenvalue weighted by Crippen LogP contribution is -2.17. The van der Waals surface area contributed by atoms with Crippen LogP contribution in [-0.2, 0) is 24.1 Å². The van der Waals surface area contributed by atoms with Gasteiger partial charge in [0.25, 0.3) is 0 Å². The van der Waals surface area contributed by atoms with E-state index < -0.39 is 5.82 Å². The first-order chi connectivity index (χ1) is 20.1. The highest BCUT2D eigenvalue weighted by atomic mass is 19.1. The summed E-state index contributed by atoms with van der Waals surface area (Å²) in [5.41, 5.74) is 5.71. The predicted molar refractivity (Wildman–Crippen MR) is 158 cm³/mol. The molecule has 5 rings (SSSR count). The standard InChI is InChI=1S/C33H32FN5O2/c1-2-19-41-32-25(15-10-13-23-11-4-3-5-12-23)20-26(27-16-7-8-17-28(27)33-36-38-39-37-33)21-30(32)35-31(40)22-24-14-6-9-18-29(24)34/h3-9,11-12,14,16-18,20-21H,2,10,13,15,19,22H2,1H3,(H,35,40)(H,36,37,38,39). The molecular formula is C33H32FN5O2. The highest BCUT2D eigenvalue weighted by molar-refractivity contribution is 5.95. The van der Waals surface area contributed by atoms with Crippen LogP contribution in [0.15, 0.2) is 91.0 Å². The molecule has 1 aromatic heterocycles. The summed E-state index contributed by atoms with van der Waals surface area (Å²) in [4.78, 5) is 13.2. The van der Waals surface area contributed by atoms with E-state index in [9.17, 15) is 9.18 Å². The van der Waals surface area contributed by atoms with Crippen LogP contribution >= 0.6 is 0 Å². The fraction of sp³-hybridized carbons (Fsp3) is 0.212. The fourth-order valence-electron chi connectivity index (χ4n) is 4.84. The number of H-pyrrole nitrogens is 1. The van der Waals surface area contributed by atoms with Crippen molar-refractivity contribution in [3.8, 4) is 28.3 Å². The van der Waals surface area contributed by atoms with Gasteiger partial charge in [0.2, 0.25) is 11.7 Å². The van der Waals surface area contributed by atoms with E-state index in [0.29, 0.717) is 29.4 Å². The third kappa shape index (κ3) is 7.03. The first-order valence-electron chi connectivity index (χ1n) is 13.8. The number of carbonyl (C=O) groups excluding carboxylic acids is 1. The number of tetrazole rings is 1. The molecule has 0 aliphatic carbocycles. The SMILES string of the molecule is CCCOc1c(CCCc2ccccc2)cc(-c2ccccc2-c2nn[nH]n2)cc1NC(=O)Cc1ccccc1F. The highest BCUT2D eigenvalue weighted by Crippen LogP contribution is 2.39. The Bertz CT molecular complexity index is 1590. The Kier molecular flexibility index (Phi) is 9.11. The van der Waals surface area contributed by atoms with Crippen molar-refractivity contribution in [2.45, 2.75) is 39.0 Å². The molecule has 0 saturated carbocycles. The number of halogens is 1. The molecule has 0 atom stereocenters. The fourth-order valence-corrected chi connectivity index (χ4v) is 4.84. The molecule has 1 heterocycles. The lowest BCUT2D eigenvalue weighted by Gasteiger charge is -2.19. The number of hydrogen-bond donors (Lipinski definition) is 2. The topological polar surface area (TPSA) is 92.8 Å². The molecule has 0 bridgehead atoms. The molecule has 0 radical (unpaired) electrons. The van der Waals surface area contributed by atoms with E-state index in [2.05, 4.69) is 44.1 Å². The van der Waals surface area contributed by atoms with Crippen LogP contribution in [0.5, 0.6) is 5.75 Å². The molecule has 0 unspecified atom stereocenters. The third-order valence-electron chi connectivity index (χ3n) is 6.78. The maximum absolute atomic E-state index is 14.3. The van der Waals surface area contributed by atoms with Crippen LogP contribution < -0.4 is 10.1 Å². The number of aromatic nitrogens is 4. The number of benzene rings is 4. The van der Waals surface area contributed by atoms with E-state index in [1.807, 2.05) is 55.5 Å². The number of rotatable bonds is 12. The highest BCUT2D eigenvalue weighted by Gasteiger charge is 2.19. The number of amides is 1. The second kappa shape index (κ2) is 13.5. The average Bonchev–Trinajstić information content (AvgIpc) is 3.53. The third-order valence-corrected chi connectivity index (χ3v) is 6.78. The van der Waals surface area contributed by atoms with Crippen molar-refractivity contribution in [1.29, 1.82) is 0 Å². The molecule has 4 aromatic carbocycles. The van der Waals surface area contributed by atoms with Gasteiger partial charge in [-0.25, -0.2) is 4.39 Å². The molecule has 0 aliphatic heterocycles. The number of aromatic amines is 1. The van der Waals surface area contributed by atoms with Gasteiger partial charge in [-0.2, -0.15) is 5.21 Å². The van der Waals surface area contributed by atoms with Crippen LogP contribution in [0.2, 0.25) is 0 Å². The lowest BCUT2D eigenvalue weighted by molar-refractivity contribution is -0.115. The number of carbonyl (C=O) groups is 1. The summed E-state index contributed by atoms with van der Waals surface area (Å²) < 4.78 is 20.6. The molecule has 8 heteroatoms. The quantitative estimate of drug-likeness (QED) is 0.178. The van der Waals surface area contributed by atoms with E-state index in [0.717, 1.165) is 47.9 Å². The Labute approximate surface area is 238 Å². The molecule has 0 saturated heterocycles. The Balaban J connectivity index is 1.54. The number of nitrogens with zero attached hydrogens (tertiary/aromatic N) is 3. The van der Waals surface area contributed by atoms with Crippen LogP contribution in [0.3, 0.4) is 0 Å². The molecule has 41 heavy (non-hydrogen) atoms. The van der Waals surface area contributed by atoms with Gasteiger partial charge in [-0.15, -0.1) is 10.2 Å². The molecule has 2 N–H and O–H groups in total. The Morgan fingerprint density at radius 1 is 0.902 bits per heavy atom. The summed E-state index contributed by atoms with van der Waals surface area (Å²) in [6, 6.07) is 28.5. The summed E-state index contributed by atoms with van der Waals surface area (Å²) in [6.45, 7) is 2.54. The normalized spacial score (nSPS) is 10.9. The molecule has 0 fully saturated rings. The number of ether oxygens (including phenoxy) is 1. The second-order valence-corrected chi connectivity index (χ2v) is 9.80. The molecule has 1 amide bonds. The smallest absolute Gasteiger partial charge is 0.229 e. The van der Waals surface area contributed by atoms with Gasteiger partial charge in [0.15, 0.2) is 0 Å². The van der Waals surface area contributed by atoms with Gasteiger partial charge in [-0.3, -0.25) is 4.79 Å². The zero-order valence-electron chi connectivity index (χ0n) is 22.9. The monoisotopic (exact) mass is 549 g/mol. The van der Waals surface area contributed by atoms with Crippen LogP contribution in [0.4, 0.5) is 10.1 Å². The van der Waals surface area contributed by atoms with E-state index in [-0.39, 0.29) is 12.3 Å². The number of aryl methyl sites for hydroxylation is 2. The van der Waals surface area contributed by atoms with E-state index in [1.165, 1.54) is 11.6 Å². The van der Waals surface area contributed by atoms with E-state index >= 15 is 0 Å². The summed E-state index contributed by atoms with van der Waals surface area (Å²) >= 11 is 0. The summed E-state index contributed by atoms with van der Waals surface area (Å²) in [5, 5.41) is 17.6. The summed E-state index contributed by atoms with van der Waals surface area (Å²) in [5.74, 6) is 0.384. The van der Waals surface area contributed by atoms with Crippen molar-refractivity contribution in [3.63, 3.8) is 0 Å². The van der Waals surface area contributed by atoms with Crippen molar-refractivity contribution < 1.29 is 13.9 Å². The van der Waals surface area contributed by atoms with Crippen molar-refractivity contribution in [2.75, 3.05) is 11.9 Å². The first-order valence-corrected chi connectivity index (χ1v) is 13.8. The maximum Gasteiger partial charge on any atom is 0.229 e. The first kappa shape index (κ1) is 27.7. The van der Waals surface area contributed by atoms with Crippen LogP contribution in [0, 0.1) is 5.82 Å². The van der Waals surface area contributed by atoms with Gasteiger partial charge in [0, 0.05) is 5.56 Å². The van der Waals surface area contributed by atoms with Crippen molar-refractivity contribution in [3.05, 3.63) is 114 Å². The number of nitrogens with one attached hydrogen (secondary N) is 2. The average molecular weight is 550 g/mol. The van der Waals surface area contributed by atoms with Gasteiger partial charge in [-0.05, 0) is 76.9 Å². The number of hydrogen-bond acceptors (Lipinski definition) is 5. The number of anilines is 1. The van der Waals surface area contributed by atoms with Gasteiger partial charge in [0.05, 0.1) is 18.7 Å². The van der Waals surface area contributed by atoms with Crippen molar-refractivity contribution in [1.82, 2.24) is 20.6 Å². The Morgan fingerprint density at radius 3 is 2.41 bits per heavy atom. The largest absolute Gasteiger partial charge is 0.491 e. The molecule has 208 valence electrons. The minimum Gasteiger partial charge on any atom is -0.491 e. The van der Waals surface area contributed by atoms with Crippen molar-refractivity contribution >= 4 is 11.6 Å². The van der Waals surface area contributed by atoms with Crippen LogP contribution in [-0.4, -0.2) is 33.1 Å². The van der Waals surface area contributed by atoms with E-state index in [4.69, 9.17) is 4.74 Å². The Morgan fingerprint density at radius 2 is 1.66 bits per heavy atom. The van der Waals surface area contributed by atoms with Crippen molar-refractivity contribution in [2.24, 2.45) is 0 Å². The zero-order chi connectivity index (χ0) is 28.4. The lowest BCUT2D eigenvalue weighted by atomic mass is 9.94. The van der Waals surface area contributed by atoms with Gasteiger partial charge in [0.1, 0.15) is 11.6 Å². The van der Waals surface area contributed by atoms with E-state index in [1.54, 1.807) is 18.2 Å². The Hall–Kier alpha value is -4.85. The predicted octanol–water partition coefficient (Wildman–Crippen LogP) is 6.82. The van der Waals surface area contributed by atoms with Crippen LogP contribution in [0.1, 0.15) is 36.5 Å². The molecule has 7 nitrogen and oxygen atoms in total. The van der Waals surface area contributed by atoms with Gasteiger partial charge >= 0.3 is 0 Å². The molecule has 0 spiro atoms. The second-order valence-electron chi connectivity index (χ2n) is 9.80. The summed E-state index contributed by atoms with van der Waals surface area (Å²) in [6.07, 6.45) is 3.27. The minimum absolute atomic E-state index is 0.0904. The zero-order valence-corrected chi connectivity index (χ0v) is 22.9. The molecular weight excluding hydrogens is 517 g/mol. The van der Waals surface area contributed by atoms with Gasteiger partial charge < -0.3 is 10.1 Å². The van der Waals surface area contributed by atoms with Crippen LogP contribution in [0.25, 0.3) is 22.5 Å².